The van der Waals surface area contributed by atoms with Crippen molar-refractivity contribution in [2.75, 3.05) is 12.4 Å². The van der Waals surface area contributed by atoms with E-state index in [2.05, 4.69) is 55.6 Å². The van der Waals surface area contributed by atoms with Crippen molar-refractivity contribution in [1.82, 2.24) is 0 Å². The zero-order valence-corrected chi connectivity index (χ0v) is 21.9. The molecule has 1 heterocycles. The average molecular weight is 490 g/mol. The molecule has 4 aromatic carbocycles. The second-order valence-electron chi connectivity index (χ2n) is 9.76. The lowest BCUT2D eigenvalue weighted by Gasteiger charge is -2.13. The van der Waals surface area contributed by atoms with Gasteiger partial charge in [-0.05, 0) is 71.5 Å². The Kier molecular flexibility index (Phi) is 6.58. The number of carbonyl (C=O) groups excluding carboxylic acids is 1. The normalized spacial score (nSPS) is 11.9. The number of allylic oxidation sites excluding steroid dienone is 1. The van der Waals surface area contributed by atoms with Crippen LogP contribution in [0.25, 0.3) is 38.4 Å². The van der Waals surface area contributed by atoms with E-state index in [-0.39, 0.29) is 5.91 Å². The van der Waals surface area contributed by atoms with Gasteiger partial charge in [0.05, 0.1) is 13.4 Å². The van der Waals surface area contributed by atoms with Crippen molar-refractivity contribution in [2.45, 2.75) is 33.6 Å². The van der Waals surface area contributed by atoms with Crippen molar-refractivity contribution >= 4 is 38.9 Å². The highest BCUT2D eigenvalue weighted by Gasteiger charge is 2.19. The predicted octanol–water partition coefficient (Wildman–Crippen LogP) is 8.74. The van der Waals surface area contributed by atoms with Crippen molar-refractivity contribution in [2.24, 2.45) is 0 Å². The number of fused-ring (bicyclic) bond motifs is 2. The number of hydrogen-bond donors (Lipinski definition) is 1. The molecule has 0 radical (unpaired) electrons. The van der Waals surface area contributed by atoms with Gasteiger partial charge in [0.1, 0.15) is 11.3 Å². The summed E-state index contributed by atoms with van der Waals surface area (Å²) in [7, 11) is 1.65. The summed E-state index contributed by atoms with van der Waals surface area (Å²) in [6.45, 7) is 8.22. The standard InChI is InChI=1S/C33H31NO3/c1-20(2)23-12-14-27(15-13-23)34-31(35)16-21(3)28-18-29-30(19-37-33(29)22(4)32(28)36-5)26-11-10-24-8-6-7-9-25(24)17-26/h6-20H,1-5H3,(H,34,35)/b21-16+. The van der Waals surface area contributed by atoms with Crippen LogP contribution in [0.4, 0.5) is 5.69 Å². The van der Waals surface area contributed by atoms with E-state index in [1.54, 1.807) is 19.4 Å². The molecule has 186 valence electrons. The number of furan rings is 1. The van der Waals surface area contributed by atoms with E-state index in [0.29, 0.717) is 11.7 Å². The third-order valence-electron chi connectivity index (χ3n) is 6.93. The van der Waals surface area contributed by atoms with Crippen LogP contribution in [0.2, 0.25) is 0 Å². The van der Waals surface area contributed by atoms with E-state index < -0.39 is 0 Å². The van der Waals surface area contributed by atoms with Gasteiger partial charge in [-0.25, -0.2) is 0 Å². The van der Waals surface area contributed by atoms with Gasteiger partial charge in [-0.2, -0.15) is 0 Å². The molecule has 0 spiro atoms. The summed E-state index contributed by atoms with van der Waals surface area (Å²) in [5.41, 5.74) is 7.45. The number of carbonyl (C=O) groups is 1. The Balaban J connectivity index is 1.52. The zero-order valence-electron chi connectivity index (χ0n) is 21.9. The van der Waals surface area contributed by atoms with Gasteiger partial charge in [0.25, 0.3) is 0 Å². The molecular formula is C33H31NO3. The average Bonchev–Trinajstić information content (AvgIpc) is 3.33. The summed E-state index contributed by atoms with van der Waals surface area (Å²) in [5, 5.41) is 6.33. The molecule has 4 nitrogen and oxygen atoms in total. The lowest BCUT2D eigenvalue weighted by atomic mass is 9.95. The molecule has 1 N–H and O–H groups in total. The minimum Gasteiger partial charge on any atom is -0.496 e. The Labute approximate surface area is 217 Å². The Morgan fingerprint density at radius 1 is 0.973 bits per heavy atom. The Bertz CT molecular complexity index is 1640. The number of methoxy groups -OCH3 is 1. The SMILES string of the molecule is COc1c(/C(C)=C/C(=O)Nc2ccc(C(C)C)cc2)cc2c(-c3ccc4ccccc4c3)coc2c1C. The summed E-state index contributed by atoms with van der Waals surface area (Å²) in [6, 6.07) is 24.8. The molecule has 5 rings (SSSR count). The van der Waals surface area contributed by atoms with Crippen LogP contribution in [0.5, 0.6) is 5.75 Å². The van der Waals surface area contributed by atoms with Gasteiger partial charge in [0, 0.05) is 33.8 Å². The van der Waals surface area contributed by atoms with Gasteiger partial charge in [0.15, 0.2) is 0 Å². The van der Waals surface area contributed by atoms with E-state index in [9.17, 15) is 4.79 Å². The van der Waals surface area contributed by atoms with E-state index >= 15 is 0 Å². The molecule has 0 aliphatic heterocycles. The van der Waals surface area contributed by atoms with Crippen molar-refractivity contribution in [3.63, 3.8) is 0 Å². The summed E-state index contributed by atoms with van der Waals surface area (Å²) >= 11 is 0. The van der Waals surface area contributed by atoms with Crippen molar-refractivity contribution in [3.05, 3.63) is 102 Å². The highest BCUT2D eigenvalue weighted by Crippen LogP contribution is 2.41. The van der Waals surface area contributed by atoms with Gasteiger partial charge < -0.3 is 14.5 Å². The number of hydrogen-bond acceptors (Lipinski definition) is 3. The molecule has 0 unspecified atom stereocenters. The second kappa shape index (κ2) is 9.98. The van der Waals surface area contributed by atoms with E-state index in [4.69, 9.17) is 9.15 Å². The summed E-state index contributed by atoms with van der Waals surface area (Å²) in [5.74, 6) is 0.964. The molecule has 4 heteroatoms. The maximum atomic E-state index is 12.9. The third kappa shape index (κ3) is 4.75. The molecule has 37 heavy (non-hydrogen) atoms. The monoisotopic (exact) mass is 489 g/mol. The highest BCUT2D eigenvalue weighted by atomic mass is 16.5. The van der Waals surface area contributed by atoms with E-state index in [0.717, 1.165) is 44.5 Å². The van der Waals surface area contributed by atoms with Crippen LogP contribution in [0.3, 0.4) is 0 Å². The first-order valence-electron chi connectivity index (χ1n) is 12.5. The minimum atomic E-state index is -0.184. The summed E-state index contributed by atoms with van der Waals surface area (Å²) in [6.07, 6.45) is 3.42. The second-order valence-corrected chi connectivity index (χ2v) is 9.76. The molecule has 5 aromatic rings. The van der Waals surface area contributed by atoms with Gasteiger partial charge in [-0.1, -0.05) is 62.4 Å². The predicted molar refractivity (Wildman–Crippen MR) is 153 cm³/mol. The summed E-state index contributed by atoms with van der Waals surface area (Å²) in [4.78, 5) is 12.9. The van der Waals surface area contributed by atoms with E-state index in [1.807, 2.05) is 50.2 Å². The quantitative estimate of drug-likeness (QED) is 0.243. The molecule has 0 saturated carbocycles. The van der Waals surface area contributed by atoms with Crippen molar-refractivity contribution in [3.8, 4) is 16.9 Å². The van der Waals surface area contributed by atoms with Gasteiger partial charge >= 0.3 is 0 Å². The number of rotatable bonds is 6. The van der Waals surface area contributed by atoms with E-state index in [1.165, 1.54) is 16.3 Å². The number of ether oxygens (including phenoxy) is 1. The fraction of sp³-hybridized carbons (Fsp3) is 0.182. The molecule has 1 amide bonds. The lowest BCUT2D eigenvalue weighted by Crippen LogP contribution is -2.09. The minimum absolute atomic E-state index is 0.184. The molecule has 0 saturated heterocycles. The Morgan fingerprint density at radius 2 is 1.70 bits per heavy atom. The van der Waals surface area contributed by atoms with Crippen LogP contribution in [-0.2, 0) is 4.79 Å². The smallest absolute Gasteiger partial charge is 0.248 e. The van der Waals surface area contributed by atoms with Crippen LogP contribution in [-0.4, -0.2) is 13.0 Å². The molecule has 0 fully saturated rings. The first-order chi connectivity index (χ1) is 17.9. The van der Waals surface area contributed by atoms with Crippen LogP contribution in [0.15, 0.2) is 89.6 Å². The topological polar surface area (TPSA) is 51.5 Å². The Morgan fingerprint density at radius 3 is 2.41 bits per heavy atom. The number of nitrogens with one attached hydrogen (secondary N) is 1. The van der Waals surface area contributed by atoms with Crippen molar-refractivity contribution in [1.29, 1.82) is 0 Å². The van der Waals surface area contributed by atoms with Gasteiger partial charge in [0.2, 0.25) is 5.91 Å². The highest BCUT2D eigenvalue weighted by molar-refractivity contribution is 6.06. The number of benzene rings is 4. The number of aryl methyl sites for hydroxylation is 1. The molecule has 1 aromatic heterocycles. The van der Waals surface area contributed by atoms with Gasteiger partial charge in [-0.15, -0.1) is 0 Å². The number of amides is 1. The molecule has 0 bridgehead atoms. The fourth-order valence-electron chi connectivity index (χ4n) is 4.86. The third-order valence-corrected chi connectivity index (χ3v) is 6.93. The fourth-order valence-corrected chi connectivity index (χ4v) is 4.86. The van der Waals surface area contributed by atoms with Crippen LogP contribution < -0.4 is 10.1 Å². The lowest BCUT2D eigenvalue weighted by molar-refractivity contribution is -0.111. The Hall–Kier alpha value is -4.31. The zero-order chi connectivity index (χ0) is 26.1. The molecule has 0 aliphatic carbocycles. The summed E-state index contributed by atoms with van der Waals surface area (Å²) < 4.78 is 11.8. The number of anilines is 1. The molecule has 0 aliphatic rings. The molecular weight excluding hydrogens is 458 g/mol. The van der Waals surface area contributed by atoms with Crippen LogP contribution in [0, 0.1) is 6.92 Å². The maximum absolute atomic E-state index is 12.9. The first kappa shape index (κ1) is 24.4. The van der Waals surface area contributed by atoms with Crippen LogP contribution >= 0.6 is 0 Å². The largest absolute Gasteiger partial charge is 0.496 e. The van der Waals surface area contributed by atoms with Crippen LogP contribution in [0.1, 0.15) is 43.4 Å². The van der Waals surface area contributed by atoms with Gasteiger partial charge in [-0.3, -0.25) is 4.79 Å². The molecule has 0 atom stereocenters. The van der Waals surface area contributed by atoms with Crippen molar-refractivity contribution < 1.29 is 13.9 Å². The first-order valence-corrected chi connectivity index (χ1v) is 12.5. The maximum Gasteiger partial charge on any atom is 0.248 e.